The molecule has 0 radical (unpaired) electrons. The molecule has 0 aliphatic heterocycles. The van der Waals surface area contributed by atoms with E-state index >= 15 is 0 Å². The molecular weight excluding hydrogens is 333 g/mol. The van der Waals surface area contributed by atoms with Crippen molar-refractivity contribution in [1.29, 1.82) is 0 Å². The van der Waals surface area contributed by atoms with Crippen LogP contribution in [0, 0.1) is 0 Å². The Labute approximate surface area is 138 Å². The maximum absolute atomic E-state index is 12.8. The number of aromatic amines is 1. The summed E-state index contributed by atoms with van der Waals surface area (Å²) < 4.78 is 38.5. The molecule has 0 aliphatic carbocycles. The van der Waals surface area contributed by atoms with Gasteiger partial charge in [-0.2, -0.15) is 18.3 Å². The molecule has 1 aromatic carbocycles. The Bertz CT molecular complexity index is 1060. The van der Waals surface area contributed by atoms with E-state index in [1.165, 1.54) is 12.3 Å². The second kappa shape index (κ2) is 5.62. The Balaban J connectivity index is 1.83. The Morgan fingerprint density at radius 2 is 1.68 bits per heavy atom. The third-order valence-corrected chi connectivity index (χ3v) is 3.58. The minimum absolute atomic E-state index is 0.106. The van der Waals surface area contributed by atoms with Crippen LogP contribution in [0.3, 0.4) is 0 Å². The number of H-pyrrole nitrogens is 1. The lowest BCUT2D eigenvalue weighted by molar-refractivity contribution is -0.144. The van der Waals surface area contributed by atoms with E-state index in [0.29, 0.717) is 16.8 Å². The Morgan fingerprint density at radius 1 is 0.880 bits per heavy atom. The summed E-state index contributed by atoms with van der Waals surface area (Å²) in [5.74, 6) is -1.20. The van der Waals surface area contributed by atoms with Gasteiger partial charge in [-0.15, -0.1) is 0 Å². The highest BCUT2D eigenvalue weighted by Gasteiger charge is 2.35. The van der Waals surface area contributed by atoms with Gasteiger partial charge in [0.25, 0.3) is 0 Å². The molecule has 4 aromatic rings. The molecular formula is C16H9F3N6. The van der Waals surface area contributed by atoms with Crippen LogP contribution in [0.1, 0.15) is 5.82 Å². The Hall–Kier alpha value is -3.36. The summed E-state index contributed by atoms with van der Waals surface area (Å²) in [5.41, 5.74) is 3.22. The van der Waals surface area contributed by atoms with Gasteiger partial charge >= 0.3 is 6.18 Å². The minimum Gasteiger partial charge on any atom is -0.276 e. The third kappa shape index (κ3) is 2.80. The topological polar surface area (TPSA) is 80.2 Å². The first-order valence-electron chi connectivity index (χ1n) is 7.17. The molecule has 1 N–H and O–H groups in total. The summed E-state index contributed by atoms with van der Waals surface area (Å²) in [5, 5.41) is 6.65. The molecule has 0 atom stereocenters. The van der Waals surface area contributed by atoms with E-state index in [2.05, 4.69) is 30.1 Å². The number of alkyl halides is 3. The van der Waals surface area contributed by atoms with Crippen LogP contribution in [0.2, 0.25) is 0 Å². The predicted octanol–water partition coefficient (Wildman–Crippen LogP) is 3.50. The van der Waals surface area contributed by atoms with E-state index in [0.717, 1.165) is 17.3 Å². The van der Waals surface area contributed by atoms with Crippen LogP contribution in [-0.2, 0) is 6.18 Å². The normalized spacial score (nSPS) is 11.8. The van der Waals surface area contributed by atoms with Crippen LogP contribution in [-0.4, -0.2) is 30.1 Å². The lowest BCUT2D eigenvalue weighted by atomic mass is 10.0. The van der Waals surface area contributed by atoms with E-state index in [1.54, 1.807) is 30.6 Å². The second-order valence-electron chi connectivity index (χ2n) is 5.18. The fourth-order valence-electron chi connectivity index (χ4n) is 2.47. The van der Waals surface area contributed by atoms with Crippen LogP contribution in [0.15, 0.2) is 49.1 Å². The quantitative estimate of drug-likeness (QED) is 0.603. The van der Waals surface area contributed by atoms with Crippen LogP contribution in [0.5, 0.6) is 0 Å². The maximum atomic E-state index is 12.8. The average Bonchev–Trinajstić information content (AvgIpc) is 3.10. The first-order valence-corrected chi connectivity index (χ1v) is 7.17. The summed E-state index contributed by atoms with van der Waals surface area (Å²) in [6.07, 6.45) is 1.14. The molecule has 6 nitrogen and oxygen atoms in total. The van der Waals surface area contributed by atoms with E-state index in [4.69, 9.17) is 0 Å². The largest absolute Gasteiger partial charge is 0.451 e. The van der Waals surface area contributed by atoms with Gasteiger partial charge < -0.3 is 0 Å². The lowest BCUT2D eigenvalue weighted by Crippen LogP contribution is -2.11. The molecule has 25 heavy (non-hydrogen) atoms. The molecule has 0 unspecified atom stereocenters. The van der Waals surface area contributed by atoms with Crippen molar-refractivity contribution < 1.29 is 13.2 Å². The van der Waals surface area contributed by atoms with Crippen molar-refractivity contribution in [2.24, 2.45) is 0 Å². The third-order valence-electron chi connectivity index (χ3n) is 3.58. The van der Waals surface area contributed by atoms with Gasteiger partial charge in [0.1, 0.15) is 0 Å². The first-order chi connectivity index (χ1) is 12.0. The highest BCUT2D eigenvalue weighted by atomic mass is 19.4. The molecule has 124 valence electrons. The van der Waals surface area contributed by atoms with Crippen molar-refractivity contribution in [3.63, 3.8) is 0 Å². The number of nitrogens with zero attached hydrogens (tertiary/aromatic N) is 5. The van der Waals surface area contributed by atoms with Crippen molar-refractivity contribution in [3.8, 4) is 22.5 Å². The van der Waals surface area contributed by atoms with Gasteiger partial charge in [-0.3, -0.25) is 15.1 Å². The van der Waals surface area contributed by atoms with E-state index in [-0.39, 0.29) is 5.69 Å². The van der Waals surface area contributed by atoms with Gasteiger partial charge in [-0.1, -0.05) is 6.07 Å². The monoisotopic (exact) mass is 342 g/mol. The molecule has 9 heteroatoms. The van der Waals surface area contributed by atoms with Gasteiger partial charge in [0.05, 0.1) is 28.6 Å². The number of benzene rings is 1. The highest BCUT2D eigenvalue weighted by Crippen LogP contribution is 2.32. The lowest BCUT2D eigenvalue weighted by Gasteiger charge is -2.07. The second-order valence-corrected chi connectivity index (χ2v) is 5.18. The van der Waals surface area contributed by atoms with Gasteiger partial charge in [0.2, 0.25) is 5.82 Å². The molecule has 0 fully saturated rings. The highest BCUT2D eigenvalue weighted by molar-refractivity contribution is 5.85. The average molecular weight is 342 g/mol. The number of fused-ring (bicyclic) bond motifs is 1. The Morgan fingerprint density at radius 3 is 2.48 bits per heavy atom. The molecule has 0 amide bonds. The van der Waals surface area contributed by atoms with Crippen LogP contribution in [0.4, 0.5) is 13.2 Å². The molecule has 4 rings (SSSR count). The van der Waals surface area contributed by atoms with Crippen LogP contribution < -0.4 is 0 Å². The number of rotatable bonds is 2. The number of hydrogen-bond acceptors (Lipinski definition) is 5. The minimum atomic E-state index is -4.62. The van der Waals surface area contributed by atoms with E-state index < -0.39 is 12.0 Å². The van der Waals surface area contributed by atoms with Gasteiger partial charge in [-0.25, -0.2) is 9.97 Å². The zero-order chi connectivity index (χ0) is 17.4. The van der Waals surface area contributed by atoms with Crippen molar-refractivity contribution >= 4 is 11.0 Å². The number of halogens is 3. The Kier molecular flexibility index (Phi) is 3.41. The zero-order valence-electron chi connectivity index (χ0n) is 12.5. The summed E-state index contributed by atoms with van der Waals surface area (Å²) >= 11 is 0. The molecule has 0 bridgehead atoms. The summed E-state index contributed by atoms with van der Waals surface area (Å²) in [7, 11) is 0. The fourth-order valence-corrected chi connectivity index (χ4v) is 2.47. The number of hydrogen-bond donors (Lipinski definition) is 1. The molecule has 0 spiro atoms. The summed E-state index contributed by atoms with van der Waals surface area (Å²) in [6, 6.07) is 6.78. The van der Waals surface area contributed by atoms with Crippen molar-refractivity contribution in [2.45, 2.75) is 6.18 Å². The maximum Gasteiger partial charge on any atom is 0.451 e. The molecule has 3 aromatic heterocycles. The van der Waals surface area contributed by atoms with Gasteiger partial charge in [-0.05, 0) is 23.8 Å². The molecule has 0 saturated carbocycles. The standard InChI is InChI=1S/C16H9F3N6/c17-16(18,19)15-22-4-3-12(24-15)14-10(8-23-25-14)9-1-2-11-13(7-9)21-6-5-20-11/h1-8H,(H,23,25). The zero-order valence-corrected chi connectivity index (χ0v) is 12.5. The SMILES string of the molecule is FC(F)(F)c1nccc(-c2[nH]ncc2-c2ccc3nccnc3c2)n1. The van der Waals surface area contributed by atoms with Crippen molar-refractivity contribution in [2.75, 3.05) is 0 Å². The van der Waals surface area contributed by atoms with E-state index in [9.17, 15) is 13.2 Å². The smallest absolute Gasteiger partial charge is 0.276 e. The van der Waals surface area contributed by atoms with Crippen molar-refractivity contribution in [1.82, 2.24) is 30.1 Å². The van der Waals surface area contributed by atoms with Gasteiger partial charge in [0, 0.05) is 24.2 Å². The predicted molar refractivity (Wildman–Crippen MR) is 83.1 cm³/mol. The summed E-state index contributed by atoms with van der Waals surface area (Å²) in [6.45, 7) is 0. The van der Waals surface area contributed by atoms with Crippen LogP contribution >= 0.6 is 0 Å². The molecule has 3 heterocycles. The fraction of sp³-hybridized carbons (Fsp3) is 0.0625. The van der Waals surface area contributed by atoms with Crippen molar-refractivity contribution in [3.05, 3.63) is 54.9 Å². The molecule has 0 aliphatic rings. The van der Waals surface area contributed by atoms with E-state index in [1.807, 2.05) is 0 Å². The van der Waals surface area contributed by atoms with Crippen LogP contribution in [0.25, 0.3) is 33.5 Å². The molecule has 0 saturated heterocycles. The van der Waals surface area contributed by atoms with Gasteiger partial charge in [0.15, 0.2) is 0 Å². The summed E-state index contributed by atoms with van der Waals surface area (Å²) in [4.78, 5) is 15.3. The number of aromatic nitrogens is 6. The first kappa shape index (κ1) is 15.2. The number of nitrogens with one attached hydrogen (secondary N) is 1.